The van der Waals surface area contributed by atoms with Gasteiger partial charge in [0, 0.05) is 24.7 Å². The quantitative estimate of drug-likeness (QED) is 0.635. The number of carboxylic acids is 1. The smallest absolute Gasteiger partial charge is 0.307 e. The van der Waals surface area contributed by atoms with Crippen LogP contribution in [0.15, 0.2) is 24.3 Å². The molecule has 8 nitrogen and oxygen atoms in total. The molecule has 0 bridgehead atoms. The number of nitrogens with zero attached hydrogens (tertiary/aromatic N) is 2. The monoisotopic (exact) mass is 314 g/mol. The van der Waals surface area contributed by atoms with E-state index in [0.29, 0.717) is 0 Å². The first kappa shape index (κ1) is 15.4. The van der Waals surface area contributed by atoms with Crippen molar-refractivity contribution in [2.24, 2.45) is 5.92 Å². The van der Waals surface area contributed by atoms with Gasteiger partial charge in [-0.25, -0.2) is 12.7 Å². The summed E-state index contributed by atoms with van der Waals surface area (Å²) in [6.45, 7) is 0.0399. The van der Waals surface area contributed by atoms with Gasteiger partial charge in [-0.15, -0.1) is 0 Å². The maximum absolute atomic E-state index is 12.3. The van der Waals surface area contributed by atoms with Crippen LogP contribution in [0.25, 0.3) is 0 Å². The second-order valence-corrected chi connectivity index (χ2v) is 6.79. The molecule has 21 heavy (non-hydrogen) atoms. The molecule has 1 aliphatic rings. The SMILES string of the molecule is O=C(O)C1CCN(S(=O)(=O)Cc2ccccc2[N+](=O)[O-])C1. The summed E-state index contributed by atoms with van der Waals surface area (Å²) in [7, 11) is -3.77. The Balaban J connectivity index is 2.19. The molecule has 1 fully saturated rings. The fourth-order valence-electron chi connectivity index (χ4n) is 2.28. The van der Waals surface area contributed by atoms with Crippen LogP contribution in [0.4, 0.5) is 5.69 Å². The fraction of sp³-hybridized carbons (Fsp3) is 0.417. The van der Waals surface area contributed by atoms with Crippen LogP contribution in [0.5, 0.6) is 0 Å². The van der Waals surface area contributed by atoms with Crippen LogP contribution in [0.2, 0.25) is 0 Å². The van der Waals surface area contributed by atoms with Gasteiger partial charge in [-0.05, 0) is 6.42 Å². The van der Waals surface area contributed by atoms with Gasteiger partial charge in [-0.3, -0.25) is 14.9 Å². The predicted molar refractivity (Wildman–Crippen MR) is 73.0 cm³/mol. The zero-order valence-corrected chi connectivity index (χ0v) is 11.8. The van der Waals surface area contributed by atoms with Gasteiger partial charge in [0.25, 0.3) is 5.69 Å². The van der Waals surface area contributed by atoms with Crippen LogP contribution in [0.3, 0.4) is 0 Å². The van der Waals surface area contributed by atoms with Gasteiger partial charge in [0.15, 0.2) is 0 Å². The zero-order chi connectivity index (χ0) is 15.6. The largest absolute Gasteiger partial charge is 0.481 e. The second-order valence-electron chi connectivity index (χ2n) is 4.82. The summed E-state index contributed by atoms with van der Waals surface area (Å²) in [5.74, 6) is -2.25. The summed E-state index contributed by atoms with van der Waals surface area (Å²) in [5.41, 5.74) is -0.156. The van der Waals surface area contributed by atoms with Crippen LogP contribution >= 0.6 is 0 Å². The number of carbonyl (C=O) groups is 1. The van der Waals surface area contributed by atoms with E-state index in [9.17, 15) is 23.3 Å². The summed E-state index contributed by atoms with van der Waals surface area (Å²) in [6, 6.07) is 5.63. The number of sulfonamides is 1. The molecule has 1 N–H and O–H groups in total. The summed E-state index contributed by atoms with van der Waals surface area (Å²) in [4.78, 5) is 21.1. The number of rotatable bonds is 5. The third-order valence-electron chi connectivity index (χ3n) is 3.42. The summed E-state index contributed by atoms with van der Waals surface area (Å²) in [5, 5.41) is 19.8. The molecule has 1 aromatic rings. The Hall–Kier alpha value is -2.00. The van der Waals surface area contributed by atoms with Crippen molar-refractivity contribution in [3.63, 3.8) is 0 Å². The maximum Gasteiger partial charge on any atom is 0.307 e. The molecule has 0 radical (unpaired) electrons. The molecule has 0 aliphatic carbocycles. The van der Waals surface area contributed by atoms with E-state index in [1.807, 2.05) is 0 Å². The Morgan fingerprint density at radius 2 is 2.10 bits per heavy atom. The average Bonchev–Trinajstić information content (AvgIpc) is 2.89. The van der Waals surface area contributed by atoms with Gasteiger partial charge in [-0.2, -0.15) is 0 Å². The number of hydrogen-bond donors (Lipinski definition) is 1. The minimum Gasteiger partial charge on any atom is -0.481 e. The Morgan fingerprint density at radius 3 is 2.67 bits per heavy atom. The number of nitro benzene ring substituents is 1. The minimum absolute atomic E-state index is 0.0850. The average molecular weight is 314 g/mol. The molecule has 0 amide bonds. The van der Waals surface area contributed by atoms with Crippen molar-refractivity contribution in [3.05, 3.63) is 39.9 Å². The van der Waals surface area contributed by atoms with Gasteiger partial charge in [0.1, 0.15) is 0 Å². The van der Waals surface area contributed by atoms with Crippen molar-refractivity contribution in [3.8, 4) is 0 Å². The molecule has 0 aromatic heterocycles. The van der Waals surface area contributed by atoms with E-state index in [2.05, 4.69) is 0 Å². The standard InChI is InChI=1S/C12H14N2O6S/c15-12(16)9-5-6-13(7-9)21(19,20)8-10-3-1-2-4-11(10)14(17)18/h1-4,9H,5-8H2,(H,15,16). The summed E-state index contributed by atoms with van der Waals surface area (Å²) < 4.78 is 25.6. The van der Waals surface area contributed by atoms with Gasteiger partial charge in [-0.1, -0.05) is 18.2 Å². The van der Waals surface area contributed by atoms with Crippen LogP contribution in [-0.4, -0.2) is 41.8 Å². The van der Waals surface area contributed by atoms with E-state index in [0.717, 1.165) is 4.31 Å². The van der Waals surface area contributed by atoms with Crippen LogP contribution in [-0.2, 0) is 20.6 Å². The first-order chi connectivity index (χ1) is 9.81. The lowest BCUT2D eigenvalue weighted by Gasteiger charge is -2.15. The van der Waals surface area contributed by atoms with Gasteiger partial charge >= 0.3 is 5.97 Å². The Bertz CT molecular complexity index is 672. The highest BCUT2D eigenvalue weighted by Gasteiger charge is 2.35. The molecule has 114 valence electrons. The topological polar surface area (TPSA) is 118 Å². The molecule has 2 rings (SSSR count). The van der Waals surface area contributed by atoms with Gasteiger partial charge in [0.2, 0.25) is 10.0 Å². The Morgan fingerprint density at radius 1 is 1.43 bits per heavy atom. The number of nitro groups is 1. The lowest BCUT2D eigenvalue weighted by Crippen LogP contribution is -2.31. The highest BCUT2D eigenvalue weighted by atomic mass is 32.2. The normalized spacial score (nSPS) is 19.5. The first-order valence-electron chi connectivity index (χ1n) is 6.24. The van der Waals surface area contributed by atoms with Crippen LogP contribution < -0.4 is 0 Å². The third-order valence-corrected chi connectivity index (χ3v) is 5.21. The van der Waals surface area contributed by atoms with Crippen molar-refractivity contribution in [1.82, 2.24) is 4.31 Å². The molecule has 0 spiro atoms. The van der Waals surface area contributed by atoms with E-state index in [1.54, 1.807) is 0 Å². The first-order valence-corrected chi connectivity index (χ1v) is 7.85. The fourth-order valence-corrected chi connectivity index (χ4v) is 3.89. The van der Waals surface area contributed by atoms with Crippen molar-refractivity contribution < 1.29 is 23.2 Å². The second kappa shape index (κ2) is 5.78. The highest BCUT2D eigenvalue weighted by Crippen LogP contribution is 2.25. The zero-order valence-electron chi connectivity index (χ0n) is 11.0. The number of hydrogen-bond acceptors (Lipinski definition) is 5. The molecule has 1 aliphatic heterocycles. The number of carboxylic acid groups (broad SMARTS) is 1. The van der Waals surface area contributed by atoms with Crippen molar-refractivity contribution in [2.75, 3.05) is 13.1 Å². The molecule has 1 atom stereocenters. The molecule has 1 saturated heterocycles. The lowest BCUT2D eigenvalue weighted by molar-refractivity contribution is -0.385. The molecule has 1 unspecified atom stereocenters. The molecular formula is C12H14N2O6S. The van der Waals surface area contributed by atoms with Gasteiger partial charge < -0.3 is 5.11 Å². The predicted octanol–water partition coefficient (Wildman–Crippen LogP) is 0.831. The van der Waals surface area contributed by atoms with E-state index in [4.69, 9.17) is 5.11 Å². The van der Waals surface area contributed by atoms with E-state index in [-0.39, 0.29) is 30.8 Å². The number of aliphatic carboxylic acids is 1. The molecule has 0 saturated carbocycles. The summed E-state index contributed by atoms with van der Waals surface area (Å²) >= 11 is 0. The number of para-hydroxylation sites is 1. The third kappa shape index (κ3) is 3.37. The van der Waals surface area contributed by atoms with E-state index < -0.39 is 32.6 Å². The molecule has 1 aromatic carbocycles. The van der Waals surface area contributed by atoms with Gasteiger partial charge in [0.05, 0.1) is 16.6 Å². The number of benzene rings is 1. The lowest BCUT2D eigenvalue weighted by atomic mass is 10.1. The minimum atomic E-state index is -3.77. The summed E-state index contributed by atoms with van der Waals surface area (Å²) in [6.07, 6.45) is 0.255. The van der Waals surface area contributed by atoms with Crippen molar-refractivity contribution in [1.29, 1.82) is 0 Å². The Kier molecular flexibility index (Phi) is 4.24. The molecular weight excluding hydrogens is 300 g/mol. The van der Waals surface area contributed by atoms with E-state index in [1.165, 1.54) is 24.3 Å². The highest BCUT2D eigenvalue weighted by molar-refractivity contribution is 7.88. The van der Waals surface area contributed by atoms with Crippen LogP contribution in [0, 0.1) is 16.0 Å². The maximum atomic E-state index is 12.3. The van der Waals surface area contributed by atoms with Crippen molar-refractivity contribution in [2.45, 2.75) is 12.2 Å². The molecule has 9 heteroatoms. The molecule has 1 heterocycles. The van der Waals surface area contributed by atoms with Crippen LogP contribution in [0.1, 0.15) is 12.0 Å². The Labute approximate surface area is 121 Å². The van der Waals surface area contributed by atoms with E-state index >= 15 is 0 Å². The van der Waals surface area contributed by atoms with Crippen molar-refractivity contribution >= 4 is 21.7 Å².